The van der Waals surface area contributed by atoms with Crippen molar-refractivity contribution in [3.63, 3.8) is 0 Å². The van der Waals surface area contributed by atoms with Crippen LogP contribution < -0.4 is 24.0 Å². The van der Waals surface area contributed by atoms with Crippen LogP contribution in [0.3, 0.4) is 0 Å². The van der Waals surface area contributed by atoms with E-state index in [1.165, 1.54) is 0 Å². The van der Waals surface area contributed by atoms with E-state index in [2.05, 4.69) is 21.1 Å². The molecule has 0 atom stereocenters. The number of Topliss-reactive ketones (excluding diaryl/α,β-unsaturated/α-hetero) is 1. The summed E-state index contributed by atoms with van der Waals surface area (Å²) in [5.74, 6) is 0.299. The van der Waals surface area contributed by atoms with E-state index in [0.717, 1.165) is 23.9 Å². The molecule has 68 valence electrons. The van der Waals surface area contributed by atoms with Gasteiger partial charge in [0.1, 0.15) is 5.78 Å². The lowest BCUT2D eigenvalue weighted by atomic mass is 10.2. The molecule has 11 heavy (non-hydrogen) atoms. The predicted molar refractivity (Wildman–Crippen MR) is 42.8 cm³/mol. The van der Waals surface area contributed by atoms with Crippen molar-refractivity contribution >= 4 is 5.78 Å². The quantitative estimate of drug-likeness (QED) is 0.430. The predicted octanol–water partition coefficient (Wildman–Crippen LogP) is -1.93. The van der Waals surface area contributed by atoms with Gasteiger partial charge >= 0.3 is 0 Å². The second-order valence-corrected chi connectivity index (χ2v) is 3.82. The van der Waals surface area contributed by atoms with E-state index in [-0.39, 0.29) is 24.0 Å². The number of halogens is 1. The van der Waals surface area contributed by atoms with Gasteiger partial charge in [-0.25, -0.2) is 0 Å². The van der Waals surface area contributed by atoms with Crippen LogP contribution in [0.2, 0.25) is 0 Å². The molecule has 0 saturated carbocycles. The molecule has 0 unspecified atom stereocenters. The van der Waals surface area contributed by atoms with Gasteiger partial charge < -0.3 is 33.3 Å². The molecule has 0 aliphatic rings. The fourth-order valence-electron chi connectivity index (χ4n) is 0.802. The van der Waals surface area contributed by atoms with Crippen LogP contribution in [0.15, 0.2) is 0 Å². The van der Waals surface area contributed by atoms with Crippen molar-refractivity contribution in [2.75, 3.05) is 27.7 Å². The summed E-state index contributed by atoms with van der Waals surface area (Å²) < 4.78 is 0.952. The highest BCUT2D eigenvalue weighted by Crippen LogP contribution is 1.97. The number of carbonyl (C=O) groups excluding carboxylic acids is 1. The molecule has 0 aromatic rings. The van der Waals surface area contributed by atoms with Crippen molar-refractivity contribution in [2.24, 2.45) is 0 Å². The molecule has 0 aromatic carbocycles. The minimum atomic E-state index is 0. The average molecular weight is 271 g/mol. The van der Waals surface area contributed by atoms with Crippen molar-refractivity contribution in [3.05, 3.63) is 0 Å². The first-order chi connectivity index (χ1) is 4.42. The van der Waals surface area contributed by atoms with E-state index in [4.69, 9.17) is 0 Å². The highest BCUT2D eigenvalue weighted by Gasteiger charge is 2.05. The highest BCUT2D eigenvalue weighted by atomic mass is 127. The van der Waals surface area contributed by atoms with Gasteiger partial charge in [-0.2, -0.15) is 0 Å². The number of nitrogens with zero attached hydrogens (tertiary/aromatic N) is 1. The van der Waals surface area contributed by atoms with Crippen LogP contribution in [0.1, 0.15) is 19.8 Å². The largest absolute Gasteiger partial charge is 1.00 e. The average Bonchev–Trinajstić information content (AvgIpc) is 1.59. The summed E-state index contributed by atoms with van der Waals surface area (Å²) in [5.41, 5.74) is 0. The lowest BCUT2D eigenvalue weighted by molar-refractivity contribution is -0.870. The Bertz CT molecular complexity index is 118. The van der Waals surface area contributed by atoms with E-state index < -0.39 is 0 Å². The van der Waals surface area contributed by atoms with Crippen molar-refractivity contribution in [3.8, 4) is 0 Å². The smallest absolute Gasteiger partial charge is 0.130 e. The van der Waals surface area contributed by atoms with Crippen molar-refractivity contribution < 1.29 is 33.3 Å². The molecule has 0 N–H and O–H groups in total. The lowest BCUT2D eigenvalue weighted by Crippen LogP contribution is -3.00. The first-order valence-corrected chi connectivity index (χ1v) is 3.72. The third-order valence-electron chi connectivity index (χ3n) is 1.36. The molecule has 0 spiro atoms. The van der Waals surface area contributed by atoms with Crippen LogP contribution in [0.25, 0.3) is 0 Å². The first kappa shape index (κ1) is 13.9. The van der Waals surface area contributed by atoms with E-state index in [9.17, 15) is 4.79 Å². The molecule has 2 nitrogen and oxygen atoms in total. The SMILES string of the molecule is CC(=O)CCC[N+](C)(C)C.[I-]. The molecule has 0 aliphatic heterocycles. The van der Waals surface area contributed by atoms with Gasteiger partial charge in [-0.15, -0.1) is 0 Å². The number of hydrogen-bond acceptors (Lipinski definition) is 1. The molecule has 0 fully saturated rings. The second-order valence-electron chi connectivity index (χ2n) is 3.82. The zero-order chi connectivity index (χ0) is 8.20. The Labute approximate surface area is 86.6 Å². The fraction of sp³-hybridized carbons (Fsp3) is 0.875. The lowest BCUT2D eigenvalue weighted by Gasteiger charge is -2.23. The number of quaternary nitrogens is 1. The fourth-order valence-corrected chi connectivity index (χ4v) is 0.802. The third kappa shape index (κ3) is 13.4. The molecular weight excluding hydrogens is 253 g/mol. The van der Waals surface area contributed by atoms with E-state index in [0.29, 0.717) is 5.78 Å². The van der Waals surface area contributed by atoms with E-state index >= 15 is 0 Å². The van der Waals surface area contributed by atoms with Gasteiger partial charge in [-0.3, -0.25) is 0 Å². The van der Waals surface area contributed by atoms with Crippen molar-refractivity contribution in [1.29, 1.82) is 0 Å². The molecule has 3 heteroatoms. The van der Waals surface area contributed by atoms with Gasteiger partial charge in [0.15, 0.2) is 0 Å². The Morgan fingerprint density at radius 1 is 1.27 bits per heavy atom. The molecule has 0 aliphatic carbocycles. The van der Waals surface area contributed by atoms with Gasteiger partial charge in [0.2, 0.25) is 0 Å². The van der Waals surface area contributed by atoms with Gasteiger partial charge in [0.25, 0.3) is 0 Å². The zero-order valence-corrected chi connectivity index (χ0v) is 10.0. The summed E-state index contributed by atoms with van der Waals surface area (Å²) in [6.07, 6.45) is 1.74. The Morgan fingerprint density at radius 3 is 2.00 bits per heavy atom. The first-order valence-electron chi connectivity index (χ1n) is 3.72. The van der Waals surface area contributed by atoms with Gasteiger partial charge in [-0.05, 0) is 6.92 Å². The maximum absolute atomic E-state index is 10.5. The Hall–Kier alpha value is 0.360. The Balaban J connectivity index is 0. The molecule has 0 amide bonds. The summed E-state index contributed by atoms with van der Waals surface area (Å²) in [6, 6.07) is 0. The minimum absolute atomic E-state index is 0. The molecule has 0 heterocycles. The monoisotopic (exact) mass is 271 g/mol. The molecular formula is C8H18INO. The van der Waals surface area contributed by atoms with E-state index in [1.54, 1.807) is 6.92 Å². The normalized spacial score (nSPS) is 10.5. The van der Waals surface area contributed by atoms with Gasteiger partial charge in [0.05, 0.1) is 27.7 Å². The Morgan fingerprint density at radius 2 is 1.73 bits per heavy atom. The van der Waals surface area contributed by atoms with Crippen LogP contribution in [0.4, 0.5) is 0 Å². The summed E-state index contributed by atoms with van der Waals surface area (Å²) in [4.78, 5) is 10.5. The highest BCUT2D eigenvalue weighted by molar-refractivity contribution is 5.75. The molecule has 0 aromatic heterocycles. The second kappa shape index (κ2) is 5.94. The molecule has 0 bridgehead atoms. The van der Waals surface area contributed by atoms with Crippen LogP contribution >= 0.6 is 0 Å². The number of carbonyl (C=O) groups is 1. The Kier molecular flexibility index (Phi) is 7.52. The molecule has 0 rings (SSSR count). The van der Waals surface area contributed by atoms with Crippen LogP contribution in [-0.4, -0.2) is 38.0 Å². The maximum Gasteiger partial charge on any atom is 0.130 e. The van der Waals surface area contributed by atoms with Crippen LogP contribution in [0, 0.1) is 0 Å². The summed E-state index contributed by atoms with van der Waals surface area (Å²) in [6.45, 7) is 2.73. The van der Waals surface area contributed by atoms with Crippen molar-refractivity contribution in [1.82, 2.24) is 0 Å². The number of hydrogen-bond donors (Lipinski definition) is 0. The molecule has 0 saturated heterocycles. The zero-order valence-electron chi connectivity index (χ0n) is 7.85. The molecule has 0 radical (unpaired) electrons. The third-order valence-corrected chi connectivity index (χ3v) is 1.36. The number of ketones is 1. The summed E-state index contributed by atoms with van der Waals surface area (Å²) >= 11 is 0. The topological polar surface area (TPSA) is 17.1 Å². The maximum atomic E-state index is 10.5. The van der Waals surface area contributed by atoms with E-state index in [1.807, 2.05) is 0 Å². The number of rotatable bonds is 4. The minimum Gasteiger partial charge on any atom is -1.00 e. The van der Waals surface area contributed by atoms with Gasteiger partial charge in [-0.1, -0.05) is 0 Å². The van der Waals surface area contributed by atoms with Crippen LogP contribution in [0.5, 0.6) is 0 Å². The summed E-state index contributed by atoms with van der Waals surface area (Å²) in [7, 11) is 6.42. The standard InChI is InChI=1S/C8H18NO.HI/c1-8(10)6-5-7-9(2,3)4;/h5-7H2,1-4H3;1H/q+1;/p-1. The summed E-state index contributed by atoms with van der Waals surface area (Å²) in [5, 5.41) is 0. The van der Waals surface area contributed by atoms with Crippen molar-refractivity contribution in [2.45, 2.75) is 19.8 Å². The van der Waals surface area contributed by atoms with Gasteiger partial charge in [0, 0.05) is 12.8 Å². The van der Waals surface area contributed by atoms with Crippen LogP contribution in [-0.2, 0) is 4.79 Å².